The van der Waals surface area contributed by atoms with Crippen molar-refractivity contribution in [2.45, 2.75) is 26.1 Å². The highest BCUT2D eigenvalue weighted by molar-refractivity contribution is 5.90. The number of pyridine rings is 1. The third kappa shape index (κ3) is 4.77. The van der Waals surface area contributed by atoms with Crippen LogP contribution < -0.4 is 5.32 Å². The number of morpholine rings is 1. The second-order valence-electron chi connectivity index (χ2n) is 8.24. The molecule has 2 aromatic heterocycles. The van der Waals surface area contributed by atoms with Gasteiger partial charge in [0.1, 0.15) is 5.82 Å². The lowest BCUT2D eigenvalue weighted by Gasteiger charge is -2.31. The van der Waals surface area contributed by atoms with Crippen molar-refractivity contribution < 1.29 is 4.74 Å². The van der Waals surface area contributed by atoms with E-state index >= 15 is 0 Å². The highest BCUT2D eigenvalue weighted by Crippen LogP contribution is 2.25. The lowest BCUT2D eigenvalue weighted by molar-refractivity contribution is -0.0212. The molecule has 3 heterocycles. The van der Waals surface area contributed by atoms with Gasteiger partial charge in [0.15, 0.2) is 5.82 Å². The van der Waals surface area contributed by atoms with Crippen LogP contribution >= 0.6 is 0 Å². The normalized spacial score (nSPS) is 16.8. The van der Waals surface area contributed by atoms with E-state index in [1.807, 2.05) is 30.3 Å². The fraction of sp³-hybridized carbons (Fsp3) is 0.269. The molecule has 0 radical (unpaired) electrons. The molecule has 32 heavy (non-hydrogen) atoms. The van der Waals surface area contributed by atoms with Crippen molar-refractivity contribution in [1.82, 2.24) is 19.9 Å². The Morgan fingerprint density at radius 2 is 1.94 bits per heavy atom. The highest BCUT2D eigenvalue weighted by Gasteiger charge is 2.16. The monoisotopic (exact) mass is 425 g/mol. The zero-order chi connectivity index (χ0) is 21.8. The summed E-state index contributed by atoms with van der Waals surface area (Å²) in [4.78, 5) is 16.2. The van der Waals surface area contributed by atoms with E-state index in [9.17, 15) is 0 Å². The van der Waals surface area contributed by atoms with E-state index in [2.05, 4.69) is 52.5 Å². The summed E-state index contributed by atoms with van der Waals surface area (Å²) in [6.07, 6.45) is 3.85. The van der Waals surface area contributed by atoms with Crippen molar-refractivity contribution in [2.24, 2.45) is 0 Å². The zero-order valence-electron chi connectivity index (χ0n) is 18.2. The number of nitrogens with zero attached hydrogens (tertiary/aromatic N) is 4. The molecule has 5 rings (SSSR count). The van der Waals surface area contributed by atoms with Gasteiger partial charge in [-0.05, 0) is 42.3 Å². The van der Waals surface area contributed by atoms with Gasteiger partial charge in [-0.2, -0.15) is 0 Å². The van der Waals surface area contributed by atoms with Crippen LogP contribution in [-0.4, -0.2) is 45.7 Å². The molecule has 1 atom stereocenters. The van der Waals surface area contributed by atoms with E-state index in [-0.39, 0.29) is 0 Å². The number of aromatic nitrogens is 3. The molecule has 1 aliphatic heterocycles. The summed E-state index contributed by atoms with van der Waals surface area (Å²) >= 11 is 0. The van der Waals surface area contributed by atoms with Gasteiger partial charge in [-0.15, -0.1) is 0 Å². The SMILES string of the molecule is CC1CN(Cc2cccc(CNc3nc(-c4cccnc4)nc4ccccc34)c2)CCO1. The van der Waals surface area contributed by atoms with Crippen LogP contribution in [0.5, 0.6) is 0 Å². The van der Waals surface area contributed by atoms with Crippen molar-refractivity contribution in [2.75, 3.05) is 25.0 Å². The summed E-state index contributed by atoms with van der Waals surface area (Å²) in [5.41, 5.74) is 4.37. The molecule has 0 amide bonds. The van der Waals surface area contributed by atoms with Gasteiger partial charge in [-0.25, -0.2) is 9.97 Å². The lowest BCUT2D eigenvalue weighted by Crippen LogP contribution is -2.40. The maximum atomic E-state index is 5.67. The van der Waals surface area contributed by atoms with E-state index in [0.29, 0.717) is 18.5 Å². The van der Waals surface area contributed by atoms with E-state index < -0.39 is 0 Å². The number of benzene rings is 2. The maximum absolute atomic E-state index is 5.67. The quantitative estimate of drug-likeness (QED) is 0.490. The number of hydrogen-bond acceptors (Lipinski definition) is 6. The van der Waals surface area contributed by atoms with E-state index in [1.165, 1.54) is 11.1 Å². The largest absolute Gasteiger partial charge is 0.376 e. The molecule has 1 fully saturated rings. The number of fused-ring (bicyclic) bond motifs is 1. The Bertz CT molecular complexity index is 1200. The number of nitrogens with one attached hydrogen (secondary N) is 1. The van der Waals surface area contributed by atoms with Gasteiger partial charge in [0.05, 0.1) is 18.2 Å². The molecule has 0 aliphatic carbocycles. The van der Waals surface area contributed by atoms with Crippen LogP contribution in [0.2, 0.25) is 0 Å². The van der Waals surface area contributed by atoms with Crippen LogP contribution in [0, 0.1) is 0 Å². The Morgan fingerprint density at radius 3 is 2.81 bits per heavy atom. The molecule has 1 aliphatic rings. The summed E-state index contributed by atoms with van der Waals surface area (Å²) in [6.45, 7) is 6.55. The van der Waals surface area contributed by atoms with Crippen LogP contribution in [0.25, 0.3) is 22.3 Å². The van der Waals surface area contributed by atoms with Crippen LogP contribution in [-0.2, 0) is 17.8 Å². The van der Waals surface area contributed by atoms with Crippen LogP contribution in [0.3, 0.4) is 0 Å². The molecule has 2 aromatic carbocycles. The standard InChI is InChI=1S/C26H27N5O/c1-19-17-31(12-13-32-19)18-21-7-4-6-20(14-21)15-28-26-23-9-2-3-10-24(23)29-25(30-26)22-8-5-11-27-16-22/h2-11,14,16,19H,12-13,15,17-18H2,1H3,(H,28,29,30). The topological polar surface area (TPSA) is 63.2 Å². The predicted molar refractivity (Wildman–Crippen MR) is 127 cm³/mol. The molecule has 0 saturated carbocycles. The number of rotatable bonds is 6. The molecule has 4 aromatic rings. The smallest absolute Gasteiger partial charge is 0.163 e. The minimum Gasteiger partial charge on any atom is -0.376 e. The van der Waals surface area contributed by atoms with Gasteiger partial charge < -0.3 is 10.1 Å². The van der Waals surface area contributed by atoms with Crippen LogP contribution in [0.1, 0.15) is 18.1 Å². The Labute approximate surface area is 188 Å². The van der Waals surface area contributed by atoms with Gasteiger partial charge in [-0.1, -0.05) is 36.4 Å². The fourth-order valence-electron chi connectivity index (χ4n) is 4.15. The second kappa shape index (κ2) is 9.42. The Kier molecular flexibility index (Phi) is 6.05. The Hall–Kier alpha value is -3.35. The summed E-state index contributed by atoms with van der Waals surface area (Å²) in [6, 6.07) is 20.7. The Balaban J connectivity index is 1.36. The van der Waals surface area contributed by atoms with Gasteiger partial charge in [0.2, 0.25) is 0 Å². The van der Waals surface area contributed by atoms with Crippen LogP contribution in [0.4, 0.5) is 5.82 Å². The Morgan fingerprint density at radius 1 is 1.03 bits per heavy atom. The number of para-hydroxylation sites is 1. The first kappa shape index (κ1) is 20.5. The fourth-order valence-corrected chi connectivity index (χ4v) is 4.15. The van der Waals surface area contributed by atoms with Gasteiger partial charge in [-0.3, -0.25) is 9.88 Å². The summed E-state index contributed by atoms with van der Waals surface area (Å²) in [7, 11) is 0. The molecule has 1 unspecified atom stereocenters. The van der Waals surface area contributed by atoms with Gasteiger partial charge >= 0.3 is 0 Å². The molecule has 6 nitrogen and oxygen atoms in total. The average Bonchev–Trinajstić information content (AvgIpc) is 2.83. The number of ether oxygens (including phenoxy) is 1. The molecule has 1 N–H and O–H groups in total. The van der Waals surface area contributed by atoms with Gasteiger partial charge in [0, 0.05) is 49.5 Å². The second-order valence-corrected chi connectivity index (χ2v) is 8.24. The van der Waals surface area contributed by atoms with Crippen LogP contribution in [0.15, 0.2) is 73.1 Å². The number of hydrogen-bond donors (Lipinski definition) is 1. The van der Waals surface area contributed by atoms with Crippen molar-refractivity contribution in [3.05, 3.63) is 84.2 Å². The highest BCUT2D eigenvalue weighted by atomic mass is 16.5. The van der Waals surface area contributed by atoms with Gasteiger partial charge in [0.25, 0.3) is 0 Å². The van der Waals surface area contributed by atoms with E-state index in [4.69, 9.17) is 14.7 Å². The molecule has 1 saturated heterocycles. The molecule has 0 spiro atoms. The third-order valence-electron chi connectivity index (χ3n) is 5.71. The molecule has 162 valence electrons. The average molecular weight is 426 g/mol. The van der Waals surface area contributed by atoms with E-state index in [1.54, 1.807) is 12.4 Å². The predicted octanol–water partition coefficient (Wildman–Crippen LogP) is 4.52. The van der Waals surface area contributed by atoms with E-state index in [0.717, 1.165) is 48.5 Å². The number of anilines is 1. The van der Waals surface area contributed by atoms with Crippen molar-refractivity contribution in [3.63, 3.8) is 0 Å². The minimum absolute atomic E-state index is 0.300. The van der Waals surface area contributed by atoms with Crippen molar-refractivity contribution in [3.8, 4) is 11.4 Å². The lowest BCUT2D eigenvalue weighted by atomic mass is 10.1. The summed E-state index contributed by atoms with van der Waals surface area (Å²) in [5.74, 6) is 1.51. The summed E-state index contributed by atoms with van der Waals surface area (Å²) in [5, 5.41) is 4.56. The molecule has 6 heteroatoms. The van der Waals surface area contributed by atoms with Crippen molar-refractivity contribution in [1.29, 1.82) is 0 Å². The molecular weight excluding hydrogens is 398 g/mol. The zero-order valence-corrected chi connectivity index (χ0v) is 18.2. The minimum atomic E-state index is 0.300. The first-order valence-electron chi connectivity index (χ1n) is 11.1. The molecule has 0 bridgehead atoms. The summed E-state index contributed by atoms with van der Waals surface area (Å²) < 4.78 is 5.67. The maximum Gasteiger partial charge on any atom is 0.163 e. The third-order valence-corrected chi connectivity index (χ3v) is 5.71. The molecular formula is C26H27N5O. The first-order valence-corrected chi connectivity index (χ1v) is 11.1. The van der Waals surface area contributed by atoms with Crippen molar-refractivity contribution >= 4 is 16.7 Å². The first-order chi connectivity index (χ1) is 15.7.